The minimum absolute atomic E-state index is 0.422. The molecule has 0 bridgehead atoms. The van der Waals surface area contributed by atoms with Crippen molar-refractivity contribution in [2.24, 2.45) is 5.92 Å². The minimum Gasteiger partial charge on any atom is -0.316 e. The highest BCUT2D eigenvalue weighted by atomic mass is 32.2. The van der Waals surface area contributed by atoms with Crippen molar-refractivity contribution in [2.75, 3.05) is 12.8 Å². The third-order valence-electron chi connectivity index (χ3n) is 3.39. The second kappa shape index (κ2) is 5.94. The molecule has 0 aromatic carbocycles. The summed E-state index contributed by atoms with van der Waals surface area (Å²) in [6.45, 7) is 0. The predicted octanol–water partition coefficient (Wildman–Crippen LogP) is 2.63. The van der Waals surface area contributed by atoms with Gasteiger partial charge < -0.3 is 5.32 Å². The second-order valence-corrected chi connectivity index (χ2v) is 7.05. The molecule has 90 valence electrons. The van der Waals surface area contributed by atoms with Crippen LogP contribution in [0.15, 0.2) is 21.7 Å². The average Bonchev–Trinajstić information content (AvgIpc) is 2.96. The van der Waals surface area contributed by atoms with Crippen LogP contribution in [0.5, 0.6) is 0 Å². The predicted molar refractivity (Wildman–Crippen MR) is 70.4 cm³/mol. The third kappa shape index (κ3) is 2.93. The van der Waals surface area contributed by atoms with E-state index in [1.807, 2.05) is 24.6 Å². The fraction of sp³-hybridized carbons (Fsp3) is 0.667. The number of hydrogen-bond donors (Lipinski definition) is 1. The molecule has 1 aliphatic carbocycles. The number of thiophene rings is 1. The normalized spacial score (nSPS) is 21.1. The van der Waals surface area contributed by atoms with Gasteiger partial charge in [0.05, 0.1) is 15.0 Å². The molecule has 1 fully saturated rings. The van der Waals surface area contributed by atoms with Gasteiger partial charge in [-0.15, -0.1) is 11.3 Å². The first kappa shape index (κ1) is 12.3. The molecular weight excluding hydrogens is 238 g/mol. The van der Waals surface area contributed by atoms with Gasteiger partial charge in [0.1, 0.15) is 0 Å². The van der Waals surface area contributed by atoms with Crippen molar-refractivity contribution in [3.8, 4) is 0 Å². The highest BCUT2D eigenvalue weighted by Crippen LogP contribution is 2.28. The topological polar surface area (TPSA) is 29.1 Å². The van der Waals surface area contributed by atoms with Gasteiger partial charge in [0, 0.05) is 11.8 Å². The zero-order valence-electron chi connectivity index (χ0n) is 9.65. The molecule has 0 saturated heterocycles. The molecule has 2 unspecified atom stereocenters. The van der Waals surface area contributed by atoms with Gasteiger partial charge in [-0.3, -0.25) is 4.21 Å². The van der Waals surface area contributed by atoms with Crippen LogP contribution in [0.4, 0.5) is 0 Å². The molecule has 2 atom stereocenters. The average molecular weight is 257 g/mol. The first-order valence-corrected chi connectivity index (χ1v) is 8.10. The van der Waals surface area contributed by atoms with Gasteiger partial charge in [0.25, 0.3) is 0 Å². The monoisotopic (exact) mass is 257 g/mol. The largest absolute Gasteiger partial charge is 0.316 e. The molecule has 1 aromatic rings. The van der Waals surface area contributed by atoms with Crippen molar-refractivity contribution in [1.29, 1.82) is 0 Å². The van der Waals surface area contributed by atoms with Gasteiger partial charge in [-0.05, 0) is 37.3 Å². The van der Waals surface area contributed by atoms with E-state index < -0.39 is 10.8 Å². The van der Waals surface area contributed by atoms with Gasteiger partial charge in [0.2, 0.25) is 0 Å². The van der Waals surface area contributed by atoms with Gasteiger partial charge in [-0.2, -0.15) is 0 Å². The maximum atomic E-state index is 12.1. The third-order valence-corrected chi connectivity index (χ3v) is 6.14. The Bertz CT molecular complexity index is 331. The first-order chi connectivity index (χ1) is 7.81. The summed E-state index contributed by atoms with van der Waals surface area (Å²) >= 11 is 1.60. The van der Waals surface area contributed by atoms with Crippen molar-refractivity contribution >= 4 is 22.1 Å². The van der Waals surface area contributed by atoms with Crippen molar-refractivity contribution in [3.63, 3.8) is 0 Å². The fourth-order valence-corrected chi connectivity index (χ4v) is 4.86. The lowest BCUT2D eigenvalue weighted by molar-refractivity contribution is 0.408. The van der Waals surface area contributed by atoms with E-state index in [2.05, 4.69) is 5.32 Å². The first-order valence-electron chi connectivity index (χ1n) is 5.90. The quantitative estimate of drug-likeness (QED) is 0.878. The summed E-state index contributed by atoms with van der Waals surface area (Å²) in [6, 6.07) is 4.37. The van der Waals surface area contributed by atoms with Crippen molar-refractivity contribution in [1.82, 2.24) is 5.32 Å². The zero-order valence-corrected chi connectivity index (χ0v) is 11.3. The van der Waals surface area contributed by atoms with Crippen LogP contribution in [0.3, 0.4) is 0 Å². The smallest absolute Gasteiger partial charge is 0.0911 e. The summed E-state index contributed by atoms with van der Waals surface area (Å²) in [6.07, 6.45) is 5.28. The molecule has 1 aromatic heterocycles. The molecule has 1 N–H and O–H groups in total. The Labute approximate surface area is 104 Å². The molecule has 0 aliphatic heterocycles. The van der Waals surface area contributed by atoms with Gasteiger partial charge >= 0.3 is 0 Å². The maximum Gasteiger partial charge on any atom is 0.0911 e. The highest BCUT2D eigenvalue weighted by molar-refractivity contribution is 7.87. The highest BCUT2D eigenvalue weighted by Gasteiger charge is 2.25. The molecular formula is C12H19NOS2. The zero-order chi connectivity index (χ0) is 11.4. The van der Waals surface area contributed by atoms with E-state index in [4.69, 9.17) is 0 Å². The Morgan fingerprint density at radius 2 is 2.31 bits per heavy atom. The molecule has 2 rings (SSSR count). The van der Waals surface area contributed by atoms with E-state index in [1.54, 1.807) is 11.3 Å². The Hall–Kier alpha value is -0.190. The van der Waals surface area contributed by atoms with Crippen molar-refractivity contribution in [3.05, 3.63) is 17.5 Å². The molecule has 1 heterocycles. The molecule has 0 radical (unpaired) electrons. The maximum absolute atomic E-state index is 12.1. The lowest BCUT2D eigenvalue weighted by Crippen LogP contribution is -2.37. The lowest BCUT2D eigenvalue weighted by atomic mass is 10.0. The summed E-state index contributed by atoms with van der Waals surface area (Å²) in [7, 11) is 1.17. The summed E-state index contributed by atoms with van der Waals surface area (Å²) in [5, 5.41) is 5.35. The van der Waals surface area contributed by atoms with Gasteiger partial charge in [-0.25, -0.2) is 0 Å². The minimum atomic E-state index is -0.822. The Morgan fingerprint density at radius 1 is 1.56 bits per heavy atom. The Morgan fingerprint density at radius 3 is 2.88 bits per heavy atom. The van der Waals surface area contributed by atoms with E-state index in [-0.39, 0.29) is 0 Å². The van der Waals surface area contributed by atoms with Crippen molar-refractivity contribution in [2.45, 2.75) is 35.9 Å². The molecule has 0 spiro atoms. The number of nitrogens with one attached hydrogen (secondary N) is 1. The summed E-state index contributed by atoms with van der Waals surface area (Å²) < 4.78 is 13.1. The van der Waals surface area contributed by atoms with Crippen LogP contribution in [0.25, 0.3) is 0 Å². The molecule has 16 heavy (non-hydrogen) atoms. The van der Waals surface area contributed by atoms with E-state index in [0.29, 0.717) is 6.04 Å². The van der Waals surface area contributed by atoms with Crippen LogP contribution in [-0.4, -0.2) is 23.1 Å². The Balaban J connectivity index is 1.93. The second-order valence-electron chi connectivity index (χ2n) is 4.38. The number of hydrogen-bond acceptors (Lipinski definition) is 3. The van der Waals surface area contributed by atoms with Crippen LogP contribution >= 0.6 is 11.3 Å². The Kier molecular flexibility index (Phi) is 4.55. The van der Waals surface area contributed by atoms with Crippen LogP contribution in [0.2, 0.25) is 0 Å². The summed E-state index contributed by atoms with van der Waals surface area (Å²) in [5.41, 5.74) is 0. The molecule has 0 amide bonds. The lowest BCUT2D eigenvalue weighted by Gasteiger charge is -2.22. The summed E-state index contributed by atoms with van der Waals surface area (Å²) in [4.78, 5) is 0. The van der Waals surface area contributed by atoms with Gasteiger partial charge in [0.15, 0.2) is 0 Å². The number of rotatable bonds is 5. The van der Waals surface area contributed by atoms with Gasteiger partial charge in [-0.1, -0.05) is 18.9 Å². The van der Waals surface area contributed by atoms with E-state index in [9.17, 15) is 4.21 Å². The molecule has 2 nitrogen and oxygen atoms in total. The fourth-order valence-electron chi connectivity index (χ4n) is 2.45. The molecule has 4 heteroatoms. The standard InChI is InChI=1S/C12H19NOS2/c1-13-11(10-5-2-3-6-10)9-16(14)12-7-4-8-15-12/h4,7-8,10-11,13H,2-3,5-6,9H2,1H3. The van der Waals surface area contributed by atoms with Crippen LogP contribution < -0.4 is 5.32 Å². The summed E-state index contributed by atoms with van der Waals surface area (Å²) in [5.74, 6) is 1.50. The van der Waals surface area contributed by atoms with Crippen LogP contribution in [-0.2, 0) is 10.8 Å². The SMILES string of the molecule is CNC(CS(=O)c1cccs1)C1CCCC1. The van der Waals surface area contributed by atoms with E-state index >= 15 is 0 Å². The van der Waals surface area contributed by atoms with E-state index in [1.165, 1.54) is 25.7 Å². The molecule has 1 saturated carbocycles. The van der Waals surface area contributed by atoms with E-state index in [0.717, 1.165) is 15.9 Å². The van der Waals surface area contributed by atoms with Crippen LogP contribution in [0, 0.1) is 5.92 Å². The van der Waals surface area contributed by atoms with Crippen molar-refractivity contribution < 1.29 is 4.21 Å². The molecule has 1 aliphatic rings. The van der Waals surface area contributed by atoms with Crippen LogP contribution in [0.1, 0.15) is 25.7 Å².